The van der Waals surface area contributed by atoms with Gasteiger partial charge in [-0.1, -0.05) is 52.3 Å². The third-order valence-corrected chi connectivity index (χ3v) is 6.23. The predicted octanol–water partition coefficient (Wildman–Crippen LogP) is 3.86. The molecule has 6 nitrogen and oxygen atoms in total. The minimum Gasteiger partial charge on any atom is -0.465 e. The van der Waals surface area contributed by atoms with Gasteiger partial charge in [-0.3, -0.25) is 14.4 Å². The van der Waals surface area contributed by atoms with Gasteiger partial charge in [0.2, 0.25) is 5.91 Å². The Bertz CT molecular complexity index is 795. The average molecular weight is 415 g/mol. The molecule has 2 amide bonds. The normalized spacial score (nSPS) is 22.9. The minimum absolute atomic E-state index is 0.105. The molecule has 1 aliphatic carbocycles. The molecular formula is C24H34N2O4. The van der Waals surface area contributed by atoms with Gasteiger partial charge in [-0.2, -0.15) is 0 Å². The quantitative estimate of drug-likeness (QED) is 0.502. The number of carbonyl (C=O) groups is 3. The van der Waals surface area contributed by atoms with Crippen LogP contribution in [0.4, 0.5) is 0 Å². The molecule has 1 heterocycles. The van der Waals surface area contributed by atoms with Crippen molar-refractivity contribution >= 4 is 17.8 Å². The van der Waals surface area contributed by atoms with E-state index in [4.69, 9.17) is 4.74 Å². The van der Waals surface area contributed by atoms with Crippen LogP contribution in [0.25, 0.3) is 0 Å². The van der Waals surface area contributed by atoms with Crippen molar-refractivity contribution in [1.82, 2.24) is 9.80 Å². The SMILES string of the molecule is CCCCOC(=O)C1(C[C@H]2C(=O)N(C)[C@H](C(C)(C)C)N2C(=O)c2ccccc2)CC1. The number of unbranched alkanes of at least 4 members (excludes halogenated alkanes) is 1. The molecular weight excluding hydrogens is 380 g/mol. The summed E-state index contributed by atoms with van der Waals surface area (Å²) in [6.07, 6.45) is 3.15. The molecule has 0 bridgehead atoms. The van der Waals surface area contributed by atoms with Crippen LogP contribution in [0.15, 0.2) is 30.3 Å². The lowest BCUT2D eigenvalue weighted by Crippen LogP contribution is -2.51. The van der Waals surface area contributed by atoms with Gasteiger partial charge < -0.3 is 14.5 Å². The fourth-order valence-corrected chi connectivity index (χ4v) is 4.47. The summed E-state index contributed by atoms with van der Waals surface area (Å²) in [5.41, 5.74) is -0.422. The Balaban J connectivity index is 1.90. The van der Waals surface area contributed by atoms with Crippen LogP contribution in [0, 0.1) is 10.8 Å². The van der Waals surface area contributed by atoms with E-state index in [0.717, 1.165) is 12.8 Å². The van der Waals surface area contributed by atoms with Gasteiger partial charge in [0, 0.05) is 18.0 Å². The molecule has 1 aromatic carbocycles. The van der Waals surface area contributed by atoms with E-state index in [1.807, 2.05) is 45.9 Å². The molecule has 0 radical (unpaired) electrons. The monoisotopic (exact) mass is 414 g/mol. The first-order chi connectivity index (χ1) is 14.1. The highest BCUT2D eigenvalue weighted by atomic mass is 16.5. The highest BCUT2D eigenvalue weighted by Crippen LogP contribution is 2.53. The van der Waals surface area contributed by atoms with Gasteiger partial charge in [0.05, 0.1) is 12.0 Å². The van der Waals surface area contributed by atoms with Crippen molar-refractivity contribution in [2.45, 2.75) is 72.0 Å². The Morgan fingerprint density at radius 2 is 1.80 bits per heavy atom. The van der Waals surface area contributed by atoms with Crippen LogP contribution in [-0.4, -0.2) is 53.4 Å². The molecule has 1 aromatic rings. The Morgan fingerprint density at radius 3 is 2.33 bits per heavy atom. The summed E-state index contributed by atoms with van der Waals surface area (Å²) >= 11 is 0. The van der Waals surface area contributed by atoms with E-state index in [1.165, 1.54) is 0 Å². The number of ether oxygens (including phenoxy) is 1. The van der Waals surface area contributed by atoms with E-state index in [0.29, 0.717) is 31.4 Å². The first-order valence-electron chi connectivity index (χ1n) is 10.9. The molecule has 164 valence electrons. The van der Waals surface area contributed by atoms with Crippen molar-refractivity contribution < 1.29 is 19.1 Å². The molecule has 2 fully saturated rings. The van der Waals surface area contributed by atoms with Crippen molar-refractivity contribution in [3.63, 3.8) is 0 Å². The van der Waals surface area contributed by atoms with Gasteiger partial charge in [-0.25, -0.2) is 0 Å². The molecule has 0 N–H and O–H groups in total. The van der Waals surface area contributed by atoms with Gasteiger partial charge in [0.25, 0.3) is 5.91 Å². The molecule has 3 rings (SSSR count). The van der Waals surface area contributed by atoms with Gasteiger partial charge in [-0.15, -0.1) is 0 Å². The number of amides is 2. The number of hydrogen-bond donors (Lipinski definition) is 0. The number of likely N-dealkylation sites (N-methyl/N-ethyl adjacent to an activating group) is 1. The first kappa shape index (κ1) is 22.3. The largest absolute Gasteiger partial charge is 0.465 e. The van der Waals surface area contributed by atoms with Gasteiger partial charge in [0.15, 0.2) is 0 Å². The maximum atomic E-state index is 13.5. The highest BCUT2D eigenvalue weighted by molar-refractivity contribution is 6.00. The van der Waals surface area contributed by atoms with Gasteiger partial charge in [-0.05, 0) is 37.8 Å². The fraction of sp³-hybridized carbons (Fsp3) is 0.625. The zero-order valence-electron chi connectivity index (χ0n) is 18.8. The van der Waals surface area contributed by atoms with Crippen LogP contribution in [0.3, 0.4) is 0 Å². The second kappa shape index (κ2) is 8.40. The molecule has 0 aromatic heterocycles. The summed E-state index contributed by atoms with van der Waals surface area (Å²) in [7, 11) is 1.75. The van der Waals surface area contributed by atoms with Crippen LogP contribution >= 0.6 is 0 Å². The molecule has 1 saturated heterocycles. The van der Waals surface area contributed by atoms with Crippen LogP contribution in [0.5, 0.6) is 0 Å². The number of rotatable bonds is 7. The first-order valence-corrected chi connectivity index (χ1v) is 10.9. The smallest absolute Gasteiger partial charge is 0.312 e. The molecule has 0 spiro atoms. The third kappa shape index (κ3) is 4.23. The topological polar surface area (TPSA) is 66.9 Å². The molecule has 0 unspecified atom stereocenters. The number of carbonyl (C=O) groups excluding carboxylic acids is 3. The number of benzene rings is 1. The summed E-state index contributed by atoms with van der Waals surface area (Å²) in [6.45, 7) is 8.54. The van der Waals surface area contributed by atoms with Crippen LogP contribution in [0.1, 0.15) is 70.2 Å². The van der Waals surface area contributed by atoms with Crippen molar-refractivity contribution in [2.75, 3.05) is 13.7 Å². The molecule has 6 heteroatoms. The summed E-state index contributed by atoms with van der Waals surface area (Å²) in [5, 5.41) is 0. The second-order valence-corrected chi connectivity index (χ2v) is 9.76. The highest BCUT2D eigenvalue weighted by Gasteiger charge is 2.59. The van der Waals surface area contributed by atoms with Crippen molar-refractivity contribution in [1.29, 1.82) is 0 Å². The van der Waals surface area contributed by atoms with E-state index in [-0.39, 0.29) is 29.4 Å². The maximum absolute atomic E-state index is 13.5. The lowest BCUT2D eigenvalue weighted by atomic mass is 9.90. The second-order valence-electron chi connectivity index (χ2n) is 9.76. The number of esters is 1. The third-order valence-electron chi connectivity index (χ3n) is 6.23. The molecule has 30 heavy (non-hydrogen) atoms. The molecule has 2 aliphatic rings. The van der Waals surface area contributed by atoms with Crippen LogP contribution in [0.2, 0.25) is 0 Å². The molecule has 2 atom stereocenters. The Hall–Kier alpha value is -2.37. The number of nitrogens with zero attached hydrogens (tertiary/aromatic N) is 2. The van der Waals surface area contributed by atoms with Gasteiger partial charge in [0.1, 0.15) is 12.2 Å². The Morgan fingerprint density at radius 1 is 1.17 bits per heavy atom. The lowest BCUT2D eigenvalue weighted by Gasteiger charge is -2.39. The lowest BCUT2D eigenvalue weighted by molar-refractivity contribution is -0.151. The van der Waals surface area contributed by atoms with E-state index >= 15 is 0 Å². The van der Waals surface area contributed by atoms with Crippen molar-refractivity contribution in [3.05, 3.63) is 35.9 Å². The van der Waals surface area contributed by atoms with Crippen LogP contribution < -0.4 is 0 Å². The summed E-state index contributed by atoms with van der Waals surface area (Å²) < 4.78 is 5.49. The summed E-state index contributed by atoms with van der Waals surface area (Å²) in [5.74, 6) is -0.502. The average Bonchev–Trinajstić information content (AvgIpc) is 3.45. The maximum Gasteiger partial charge on any atom is 0.312 e. The predicted molar refractivity (Wildman–Crippen MR) is 115 cm³/mol. The Labute approximate surface area is 179 Å². The van der Waals surface area contributed by atoms with E-state index in [1.54, 1.807) is 29.0 Å². The van der Waals surface area contributed by atoms with E-state index in [9.17, 15) is 14.4 Å². The van der Waals surface area contributed by atoms with Gasteiger partial charge >= 0.3 is 5.97 Å². The van der Waals surface area contributed by atoms with Crippen molar-refractivity contribution in [3.8, 4) is 0 Å². The number of hydrogen-bond acceptors (Lipinski definition) is 4. The Kier molecular flexibility index (Phi) is 6.25. The minimum atomic E-state index is -0.659. The zero-order chi connectivity index (χ0) is 22.1. The fourth-order valence-electron chi connectivity index (χ4n) is 4.47. The molecule has 1 saturated carbocycles. The zero-order valence-corrected chi connectivity index (χ0v) is 18.8. The standard InChI is InChI=1S/C24H34N2O4/c1-6-7-15-30-22(29)24(13-14-24)16-18-20(28)25(5)21(23(2,3)4)26(18)19(27)17-11-9-8-10-12-17/h8-12,18,21H,6-7,13-16H2,1-5H3/t18-,21-/m0/s1. The molecule has 1 aliphatic heterocycles. The van der Waals surface area contributed by atoms with Crippen molar-refractivity contribution in [2.24, 2.45) is 10.8 Å². The summed E-state index contributed by atoms with van der Waals surface area (Å²) in [4.78, 5) is 42.9. The van der Waals surface area contributed by atoms with E-state index < -0.39 is 11.5 Å². The van der Waals surface area contributed by atoms with E-state index in [2.05, 4.69) is 0 Å². The summed E-state index contributed by atoms with van der Waals surface area (Å²) in [6, 6.07) is 8.39. The van der Waals surface area contributed by atoms with Crippen LogP contribution in [-0.2, 0) is 14.3 Å².